The summed E-state index contributed by atoms with van der Waals surface area (Å²) < 4.78 is 64.6. The van der Waals surface area contributed by atoms with Crippen LogP contribution in [0, 0.1) is 41.4 Å². The Labute approximate surface area is 341 Å². The minimum Gasteiger partial charge on any atom is -0.481 e. The van der Waals surface area contributed by atoms with E-state index >= 15 is 0 Å². The summed E-state index contributed by atoms with van der Waals surface area (Å²) in [5.41, 5.74) is -1.84. The molecule has 5 heterocycles. The van der Waals surface area contributed by atoms with Gasteiger partial charge in [-0.2, -0.15) is 8.42 Å². The Morgan fingerprint density at radius 3 is 2.16 bits per heavy atom. The molecule has 4 saturated heterocycles. The number of ether oxygens (including phenoxy) is 5. The zero-order valence-corrected chi connectivity index (χ0v) is 37.0. The Balaban J connectivity index is 1.38. The molecule has 4 fully saturated rings. The SMILES string of the molecule is CC[C@@H](C(=O)[C@@H](C)[C@@H](O)[C@H](C)[C@@H]1O[C@@H]([C@@H](CC)C(=O)O)CC[C@@H]1C)[C@H]1O[C@]2(C=C[C@@H](OS(C)(=O)=O)[C@]3(CC[C@@](C)([C@H]4CC[C@](O)(CC)[C@H](C)O4)O3)O2)[C@H](C)C[C@@H]1C. The van der Waals surface area contributed by atoms with Crippen molar-refractivity contribution in [2.75, 3.05) is 6.26 Å². The number of carbonyl (C=O) groups excluding carboxylic acids is 1. The van der Waals surface area contributed by atoms with Gasteiger partial charge < -0.3 is 39.0 Å². The Hall–Kier alpha value is -1.49. The molecular weight excluding hydrogens is 757 g/mol. The molecule has 0 unspecified atom stereocenters. The quantitative estimate of drug-likeness (QED) is 0.134. The molecule has 0 amide bonds. The van der Waals surface area contributed by atoms with Crippen LogP contribution in [0.4, 0.5) is 0 Å². The van der Waals surface area contributed by atoms with Crippen LogP contribution in [0.5, 0.6) is 0 Å². The number of aliphatic hydroxyl groups excluding tert-OH is 1. The van der Waals surface area contributed by atoms with E-state index < -0.39 is 105 Å². The van der Waals surface area contributed by atoms with Gasteiger partial charge in [-0.25, -0.2) is 0 Å². The molecule has 0 aliphatic carbocycles. The third-order valence-electron chi connectivity index (χ3n) is 14.7. The number of aliphatic hydroxyl groups is 2. The molecule has 5 aliphatic rings. The van der Waals surface area contributed by atoms with E-state index in [1.807, 2.05) is 55.4 Å². The maximum absolute atomic E-state index is 14.5. The summed E-state index contributed by atoms with van der Waals surface area (Å²) in [6.07, 6.45) is 5.23. The average molecular weight is 829 g/mol. The van der Waals surface area contributed by atoms with Gasteiger partial charge in [-0.1, -0.05) is 55.4 Å². The first-order chi connectivity index (χ1) is 26.5. The van der Waals surface area contributed by atoms with Crippen molar-refractivity contribution in [3.63, 3.8) is 0 Å². The predicted octanol–water partition coefficient (Wildman–Crippen LogP) is 6.17. The third kappa shape index (κ3) is 9.24. The van der Waals surface area contributed by atoms with Gasteiger partial charge in [-0.15, -0.1) is 0 Å². The van der Waals surface area contributed by atoms with Crippen molar-refractivity contribution in [2.24, 2.45) is 41.4 Å². The largest absolute Gasteiger partial charge is 0.481 e. The molecule has 3 N–H and O–H groups in total. The number of aliphatic carboxylic acids is 1. The van der Waals surface area contributed by atoms with E-state index in [9.17, 15) is 33.3 Å². The standard InChI is InChI=1S/C43H72O13S/c1-12-30(39(46)47)32-16-15-24(4)37(52-32)28(8)35(44)27(7)36(45)31(13-2)38-25(5)23-26(6)42(53-38)20-18-34(54-57(11,49)50)43(56-42)22-21-40(10,55-43)33-17-19-41(48,14-3)29(9)51-33/h18,20,24-35,37-38,44,48H,12-17,19,21-23H2,1-11H3,(H,46,47)/t24-,25-,26+,27-,28-,29-,30+,31-,32+,33+,34+,35+,37+,38-,40-,41+,42-,43-/m0/s1. The van der Waals surface area contributed by atoms with Crippen LogP contribution >= 0.6 is 0 Å². The molecule has 5 aliphatic heterocycles. The predicted molar refractivity (Wildman–Crippen MR) is 212 cm³/mol. The first-order valence-electron chi connectivity index (χ1n) is 21.6. The summed E-state index contributed by atoms with van der Waals surface area (Å²) in [5, 5.41) is 32.7. The number of rotatable bonds is 14. The van der Waals surface area contributed by atoms with Crippen molar-refractivity contribution in [3.8, 4) is 0 Å². The zero-order valence-electron chi connectivity index (χ0n) is 36.1. The number of carboxylic acids is 1. The van der Waals surface area contributed by atoms with Gasteiger partial charge in [0, 0.05) is 30.1 Å². The lowest BCUT2D eigenvalue weighted by Gasteiger charge is -2.54. The molecule has 18 atom stereocenters. The number of Topliss-reactive ketones (excluding diaryl/α,β-unsaturated/α-hetero) is 1. The molecule has 0 saturated carbocycles. The van der Waals surface area contributed by atoms with Gasteiger partial charge in [0.1, 0.15) is 11.9 Å². The van der Waals surface area contributed by atoms with E-state index in [-0.39, 0.29) is 30.0 Å². The summed E-state index contributed by atoms with van der Waals surface area (Å²) in [6, 6.07) is 0. The van der Waals surface area contributed by atoms with Crippen LogP contribution in [0.2, 0.25) is 0 Å². The molecule has 57 heavy (non-hydrogen) atoms. The van der Waals surface area contributed by atoms with E-state index in [1.54, 1.807) is 19.1 Å². The third-order valence-corrected chi connectivity index (χ3v) is 15.3. The van der Waals surface area contributed by atoms with E-state index in [0.29, 0.717) is 51.4 Å². The van der Waals surface area contributed by atoms with Crippen LogP contribution in [0.3, 0.4) is 0 Å². The Morgan fingerprint density at radius 1 is 0.912 bits per heavy atom. The lowest BCUT2D eigenvalue weighted by molar-refractivity contribution is -0.406. The van der Waals surface area contributed by atoms with E-state index in [4.69, 9.17) is 27.9 Å². The van der Waals surface area contributed by atoms with Crippen molar-refractivity contribution >= 4 is 21.9 Å². The maximum Gasteiger partial charge on any atom is 0.309 e. The number of ketones is 1. The van der Waals surface area contributed by atoms with Gasteiger partial charge in [0.15, 0.2) is 5.79 Å². The number of hydrogen-bond acceptors (Lipinski definition) is 12. The van der Waals surface area contributed by atoms with Crippen LogP contribution in [0.1, 0.15) is 133 Å². The van der Waals surface area contributed by atoms with Crippen LogP contribution < -0.4 is 0 Å². The highest BCUT2D eigenvalue weighted by Crippen LogP contribution is 2.55. The van der Waals surface area contributed by atoms with Crippen LogP contribution in [-0.2, 0) is 47.6 Å². The van der Waals surface area contributed by atoms with Gasteiger partial charge >= 0.3 is 5.97 Å². The molecule has 0 bridgehead atoms. The molecule has 5 rings (SSSR count). The smallest absolute Gasteiger partial charge is 0.309 e. The topological polar surface area (TPSA) is 184 Å². The fourth-order valence-corrected chi connectivity index (χ4v) is 11.4. The molecule has 14 heteroatoms. The maximum atomic E-state index is 14.5. The minimum absolute atomic E-state index is 0.0621. The van der Waals surface area contributed by atoms with Gasteiger partial charge in [0.2, 0.25) is 5.79 Å². The highest BCUT2D eigenvalue weighted by molar-refractivity contribution is 7.86. The molecule has 0 aromatic carbocycles. The van der Waals surface area contributed by atoms with Gasteiger partial charge in [0.25, 0.3) is 10.1 Å². The van der Waals surface area contributed by atoms with Crippen molar-refractivity contribution in [3.05, 3.63) is 12.2 Å². The molecule has 0 radical (unpaired) electrons. The molecule has 13 nitrogen and oxygen atoms in total. The molecule has 0 aromatic heterocycles. The van der Waals surface area contributed by atoms with Crippen molar-refractivity contribution in [2.45, 2.75) is 199 Å². The molecule has 0 aromatic rings. The number of hydrogen-bond donors (Lipinski definition) is 3. The fraction of sp³-hybridized carbons (Fsp3) is 0.907. The van der Waals surface area contributed by atoms with Gasteiger partial charge in [0.05, 0.1) is 60.0 Å². The Morgan fingerprint density at radius 2 is 1.58 bits per heavy atom. The molecule has 328 valence electrons. The monoisotopic (exact) mass is 828 g/mol. The van der Waals surface area contributed by atoms with Gasteiger partial charge in [-0.05, 0) is 95.6 Å². The van der Waals surface area contributed by atoms with Crippen molar-refractivity contribution in [1.29, 1.82) is 0 Å². The number of carbonyl (C=O) groups is 2. The second kappa shape index (κ2) is 17.5. The first-order valence-corrected chi connectivity index (χ1v) is 23.4. The van der Waals surface area contributed by atoms with E-state index in [0.717, 1.165) is 12.7 Å². The van der Waals surface area contributed by atoms with E-state index in [2.05, 4.69) is 6.92 Å². The minimum atomic E-state index is -3.95. The zero-order chi connectivity index (χ0) is 42.5. The summed E-state index contributed by atoms with van der Waals surface area (Å²) in [5.74, 6) is -6.60. The molecule has 2 spiro atoms. The number of carboxylic acid groups (broad SMARTS) is 1. The summed E-state index contributed by atoms with van der Waals surface area (Å²) in [6.45, 7) is 19.2. The average Bonchev–Trinajstić information content (AvgIpc) is 3.49. The lowest BCUT2D eigenvalue weighted by atomic mass is 9.72. The Bertz CT molecular complexity index is 1570. The summed E-state index contributed by atoms with van der Waals surface area (Å²) in [7, 11) is -3.95. The summed E-state index contributed by atoms with van der Waals surface area (Å²) >= 11 is 0. The van der Waals surface area contributed by atoms with Gasteiger partial charge in [-0.3, -0.25) is 13.8 Å². The normalized spacial score (nSPS) is 44.1. The fourth-order valence-electron chi connectivity index (χ4n) is 10.8. The molecular formula is C43H72O13S. The first kappa shape index (κ1) is 46.6. The Kier molecular flexibility index (Phi) is 14.3. The van der Waals surface area contributed by atoms with Crippen molar-refractivity contribution < 1.29 is 61.2 Å². The van der Waals surface area contributed by atoms with E-state index in [1.165, 1.54) is 0 Å². The lowest BCUT2D eigenvalue weighted by Crippen LogP contribution is -2.63. The second-order valence-electron chi connectivity index (χ2n) is 18.7. The highest BCUT2D eigenvalue weighted by atomic mass is 32.2. The summed E-state index contributed by atoms with van der Waals surface area (Å²) in [4.78, 5) is 26.5. The van der Waals surface area contributed by atoms with Crippen LogP contribution in [-0.4, -0.2) is 107 Å². The second-order valence-corrected chi connectivity index (χ2v) is 20.3. The highest BCUT2D eigenvalue weighted by Gasteiger charge is 2.64. The van der Waals surface area contributed by atoms with Crippen molar-refractivity contribution in [1.82, 2.24) is 0 Å². The van der Waals surface area contributed by atoms with Crippen LogP contribution in [0.15, 0.2) is 12.2 Å². The van der Waals surface area contributed by atoms with Crippen LogP contribution in [0.25, 0.3) is 0 Å².